The molecule has 2 rings (SSSR count). The molecule has 0 bridgehead atoms. The van der Waals surface area contributed by atoms with Crippen LogP contribution < -0.4 is 10.1 Å². The minimum atomic E-state index is -0.622. The molecule has 1 unspecified atom stereocenters. The SMILES string of the molecule is OC(CNCCn1ccnc1)COc1cc(Cl)ccc1Cl. The van der Waals surface area contributed by atoms with E-state index in [1.807, 2.05) is 10.8 Å². The summed E-state index contributed by atoms with van der Waals surface area (Å²) in [6, 6.07) is 4.98. The van der Waals surface area contributed by atoms with E-state index in [-0.39, 0.29) is 6.61 Å². The van der Waals surface area contributed by atoms with Crippen LogP contribution in [0.3, 0.4) is 0 Å². The topological polar surface area (TPSA) is 59.3 Å². The van der Waals surface area contributed by atoms with Gasteiger partial charge in [-0.2, -0.15) is 0 Å². The standard InChI is InChI=1S/C14H17Cl2N3O2/c15-11-1-2-13(16)14(7-11)21-9-12(20)8-17-3-5-19-6-4-18-10-19/h1-2,4,6-7,10,12,17,20H,3,5,8-9H2. The van der Waals surface area contributed by atoms with Crippen LogP contribution in [0.25, 0.3) is 0 Å². The number of imidazole rings is 1. The molecule has 1 aromatic carbocycles. The summed E-state index contributed by atoms with van der Waals surface area (Å²) in [5, 5.41) is 14.0. The van der Waals surface area contributed by atoms with Gasteiger partial charge in [-0.3, -0.25) is 0 Å². The molecule has 7 heteroatoms. The van der Waals surface area contributed by atoms with Crippen molar-refractivity contribution in [1.29, 1.82) is 0 Å². The second kappa shape index (κ2) is 8.24. The number of ether oxygens (including phenoxy) is 1. The molecule has 0 fully saturated rings. The lowest BCUT2D eigenvalue weighted by Crippen LogP contribution is -2.33. The Morgan fingerprint density at radius 3 is 3.00 bits per heavy atom. The molecule has 21 heavy (non-hydrogen) atoms. The van der Waals surface area contributed by atoms with Crippen molar-refractivity contribution in [3.05, 3.63) is 47.0 Å². The molecular weight excluding hydrogens is 313 g/mol. The molecule has 1 heterocycles. The predicted molar refractivity (Wildman–Crippen MR) is 83.1 cm³/mol. The van der Waals surface area contributed by atoms with Gasteiger partial charge in [0.1, 0.15) is 18.5 Å². The first kappa shape index (κ1) is 16.1. The lowest BCUT2D eigenvalue weighted by atomic mass is 10.3. The molecule has 1 atom stereocenters. The molecule has 1 aromatic heterocycles. The molecule has 0 radical (unpaired) electrons. The van der Waals surface area contributed by atoms with Crippen molar-refractivity contribution in [2.24, 2.45) is 0 Å². The number of halogens is 2. The number of rotatable bonds is 8. The van der Waals surface area contributed by atoms with Crippen molar-refractivity contribution in [1.82, 2.24) is 14.9 Å². The second-order valence-corrected chi connectivity index (χ2v) is 5.39. The first-order valence-corrected chi connectivity index (χ1v) is 7.33. The smallest absolute Gasteiger partial charge is 0.139 e. The van der Waals surface area contributed by atoms with E-state index in [1.165, 1.54) is 0 Å². The Morgan fingerprint density at radius 2 is 2.24 bits per heavy atom. The van der Waals surface area contributed by atoms with E-state index in [0.29, 0.717) is 22.3 Å². The summed E-state index contributed by atoms with van der Waals surface area (Å²) < 4.78 is 7.42. The van der Waals surface area contributed by atoms with Crippen LogP contribution in [-0.4, -0.2) is 40.5 Å². The van der Waals surface area contributed by atoms with Gasteiger partial charge >= 0.3 is 0 Å². The van der Waals surface area contributed by atoms with Crippen molar-refractivity contribution in [2.75, 3.05) is 19.7 Å². The van der Waals surface area contributed by atoms with Gasteiger partial charge < -0.3 is 19.7 Å². The van der Waals surface area contributed by atoms with Crippen LogP contribution in [0.1, 0.15) is 0 Å². The molecule has 0 spiro atoms. The summed E-state index contributed by atoms with van der Waals surface area (Å²) in [6.45, 7) is 2.13. The number of aliphatic hydroxyl groups is 1. The number of hydrogen-bond donors (Lipinski definition) is 2. The maximum absolute atomic E-state index is 9.85. The van der Waals surface area contributed by atoms with Crippen molar-refractivity contribution < 1.29 is 9.84 Å². The maximum atomic E-state index is 9.85. The van der Waals surface area contributed by atoms with Gasteiger partial charge in [0.05, 0.1) is 11.3 Å². The largest absolute Gasteiger partial charge is 0.489 e. The molecule has 2 aromatic rings. The zero-order valence-corrected chi connectivity index (χ0v) is 12.9. The van der Waals surface area contributed by atoms with Gasteiger partial charge in [-0.05, 0) is 12.1 Å². The fraction of sp³-hybridized carbons (Fsp3) is 0.357. The third kappa shape index (κ3) is 5.55. The Morgan fingerprint density at radius 1 is 1.38 bits per heavy atom. The summed E-state index contributed by atoms with van der Waals surface area (Å²) in [7, 11) is 0. The lowest BCUT2D eigenvalue weighted by molar-refractivity contribution is 0.106. The maximum Gasteiger partial charge on any atom is 0.139 e. The van der Waals surface area contributed by atoms with Crippen LogP contribution in [0, 0.1) is 0 Å². The zero-order chi connectivity index (χ0) is 15.1. The summed E-state index contributed by atoms with van der Waals surface area (Å²) in [6.07, 6.45) is 4.75. The van der Waals surface area contributed by atoms with E-state index in [1.54, 1.807) is 30.7 Å². The first-order chi connectivity index (χ1) is 10.1. The summed E-state index contributed by atoms with van der Waals surface area (Å²) >= 11 is 11.8. The highest BCUT2D eigenvalue weighted by molar-refractivity contribution is 6.34. The number of nitrogens with one attached hydrogen (secondary N) is 1. The van der Waals surface area contributed by atoms with Gasteiger partial charge in [0.25, 0.3) is 0 Å². The highest BCUT2D eigenvalue weighted by Gasteiger charge is 2.07. The van der Waals surface area contributed by atoms with Crippen molar-refractivity contribution in [2.45, 2.75) is 12.6 Å². The van der Waals surface area contributed by atoms with Crippen molar-refractivity contribution in [3.63, 3.8) is 0 Å². The molecule has 114 valence electrons. The van der Waals surface area contributed by atoms with E-state index >= 15 is 0 Å². The average molecular weight is 330 g/mol. The Hall–Kier alpha value is -1.27. The van der Waals surface area contributed by atoms with Gasteiger partial charge in [-0.1, -0.05) is 23.2 Å². The minimum Gasteiger partial charge on any atom is -0.489 e. The molecule has 0 saturated heterocycles. The molecular formula is C14H17Cl2N3O2. The van der Waals surface area contributed by atoms with Crippen LogP contribution in [0.2, 0.25) is 10.0 Å². The van der Waals surface area contributed by atoms with Gasteiger partial charge in [0.2, 0.25) is 0 Å². The Balaban J connectivity index is 1.65. The van der Waals surface area contributed by atoms with Gasteiger partial charge in [0.15, 0.2) is 0 Å². The van der Waals surface area contributed by atoms with Gasteiger partial charge in [0, 0.05) is 43.1 Å². The van der Waals surface area contributed by atoms with Crippen LogP contribution >= 0.6 is 23.2 Å². The molecule has 0 saturated carbocycles. The van der Waals surface area contributed by atoms with Crippen LogP contribution in [0.4, 0.5) is 0 Å². The number of aliphatic hydroxyl groups excluding tert-OH is 1. The zero-order valence-electron chi connectivity index (χ0n) is 11.4. The summed E-state index contributed by atoms with van der Waals surface area (Å²) in [5.74, 6) is 0.474. The quantitative estimate of drug-likeness (QED) is 0.729. The summed E-state index contributed by atoms with van der Waals surface area (Å²) in [4.78, 5) is 3.96. The second-order valence-electron chi connectivity index (χ2n) is 4.54. The van der Waals surface area contributed by atoms with E-state index in [0.717, 1.165) is 13.1 Å². The highest BCUT2D eigenvalue weighted by atomic mass is 35.5. The Labute approximate surface area is 133 Å². The molecule has 0 amide bonds. The number of aromatic nitrogens is 2. The fourth-order valence-corrected chi connectivity index (χ4v) is 2.06. The number of benzene rings is 1. The van der Waals surface area contributed by atoms with Gasteiger partial charge in [-0.15, -0.1) is 0 Å². The highest BCUT2D eigenvalue weighted by Crippen LogP contribution is 2.27. The molecule has 0 aliphatic heterocycles. The molecule has 5 nitrogen and oxygen atoms in total. The molecule has 0 aliphatic carbocycles. The lowest BCUT2D eigenvalue weighted by Gasteiger charge is -2.14. The average Bonchev–Trinajstić information content (AvgIpc) is 2.98. The van der Waals surface area contributed by atoms with Crippen LogP contribution in [0.15, 0.2) is 36.9 Å². The minimum absolute atomic E-state index is 0.151. The Bertz CT molecular complexity index is 549. The van der Waals surface area contributed by atoms with Crippen molar-refractivity contribution >= 4 is 23.2 Å². The molecule has 0 aliphatic rings. The monoisotopic (exact) mass is 329 g/mol. The third-order valence-electron chi connectivity index (χ3n) is 2.81. The Kier molecular flexibility index (Phi) is 6.32. The van der Waals surface area contributed by atoms with E-state index in [9.17, 15) is 5.11 Å². The van der Waals surface area contributed by atoms with Crippen LogP contribution in [-0.2, 0) is 6.54 Å². The van der Waals surface area contributed by atoms with Crippen molar-refractivity contribution in [3.8, 4) is 5.75 Å². The van der Waals surface area contributed by atoms with Gasteiger partial charge in [-0.25, -0.2) is 4.98 Å². The third-order valence-corrected chi connectivity index (χ3v) is 3.36. The van der Waals surface area contributed by atoms with E-state index in [4.69, 9.17) is 27.9 Å². The normalized spacial score (nSPS) is 12.3. The molecule has 2 N–H and O–H groups in total. The predicted octanol–water partition coefficient (Wildman–Crippen LogP) is 2.22. The fourth-order valence-electron chi connectivity index (χ4n) is 1.73. The first-order valence-electron chi connectivity index (χ1n) is 6.57. The van der Waals surface area contributed by atoms with E-state index < -0.39 is 6.10 Å². The number of nitrogens with zero attached hydrogens (tertiary/aromatic N) is 2. The number of hydrogen-bond acceptors (Lipinski definition) is 4. The summed E-state index contributed by atoms with van der Waals surface area (Å²) in [5.41, 5.74) is 0. The van der Waals surface area contributed by atoms with E-state index in [2.05, 4.69) is 10.3 Å². The van der Waals surface area contributed by atoms with Crippen LogP contribution in [0.5, 0.6) is 5.75 Å².